The summed E-state index contributed by atoms with van der Waals surface area (Å²) in [5, 5.41) is 15.3. The number of aliphatic hydroxyl groups is 1. The van der Waals surface area contributed by atoms with Gasteiger partial charge in [-0.1, -0.05) is 27.2 Å². The van der Waals surface area contributed by atoms with Crippen LogP contribution in [0.1, 0.15) is 47.0 Å². The summed E-state index contributed by atoms with van der Waals surface area (Å²) in [5.74, 6) is 0.500. The van der Waals surface area contributed by atoms with E-state index in [2.05, 4.69) is 24.5 Å². The fourth-order valence-corrected chi connectivity index (χ4v) is 2.61. The smallest absolute Gasteiger partial charge is 0.315 e. The second-order valence-corrected chi connectivity index (χ2v) is 6.71. The van der Waals surface area contributed by atoms with E-state index < -0.39 is 0 Å². The molecular weight excluding hydrogens is 256 g/mol. The van der Waals surface area contributed by atoms with Crippen LogP contribution in [0.25, 0.3) is 0 Å². The van der Waals surface area contributed by atoms with Gasteiger partial charge < -0.3 is 20.5 Å². The minimum atomic E-state index is -0.186. The van der Waals surface area contributed by atoms with E-state index in [9.17, 15) is 9.90 Å². The molecule has 0 bridgehead atoms. The lowest BCUT2D eigenvalue weighted by Crippen LogP contribution is -2.51. The van der Waals surface area contributed by atoms with E-state index in [-0.39, 0.29) is 30.1 Å². The summed E-state index contributed by atoms with van der Waals surface area (Å²) in [4.78, 5) is 12.0. The Hall–Kier alpha value is -0.810. The van der Waals surface area contributed by atoms with E-state index in [1.54, 1.807) is 0 Å². The first-order valence-corrected chi connectivity index (χ1v) is 7.63. The first-order valence-electron chi connectivity index (χ1n) is 7.63. The number of nitrogens with one attached hydrogen (secondary N) is 2. The molecule has 3 unspecified atom stereocenters. The first-order chi connectivity index (χ1) is 9.37. The van der Waals surface area contributed by atoms with Gasteiger partial charge in [0, 0.05) is 18.1 Å². The third-order valence-corrected chi connectivity index (χ3v) is 3.95. The third kappa shape index (κ3) is 5.29. The number of carbonyl (C=O) groups excluding carboxylic acids is 1. The van der Waals surface area contributed by atoms with Gasteiger partial charge in [0.1, 0.15) is 0 Å². The zero-order valence-electron chi connectivity index (χ0n) is 13.2. The van der Waals surface area contributed by atoms with Gasteiger partial charge in [0.25, 0.3) is 0 Å². The zero-order chi connectivity index (χ0) is 15.2. The Morgan fingerprint density at radius 3 is 2.70 bits per heavy atom. The molecule has 1 saturated carbocycles. The summed E-state index contributed by atoms with van der Waals surface area (Å²) in [6.45, 7) is 9.50. The molecule has 0 radical (unpaired) electrons. The van der Waals surface area contributed by atoms with Crippen LogP contribution in [0.5, 0.6) is 0 Å². The largest absolute Gasteiger partial charge is 0.396 e. The summed E-state index contributed by atoms with van der Waals surface area (Å²) in [6, 6.07) is -0.135. The van der Waals surface area contributed by atoms with Crippen molar-refractivity contribution in [3.05, 3.63) is 0 Å². The second-order valence-electron chi connectivity index (χ2n) is 6.71. The molecule has 1 rings (SSSR count). The topological polar surface area (TPSA) is 70.6 Å². The van der Waals surface area contributed by atoms with Crippen molar-refractivity contribution in [3.8, 4) is 0 Å². The highest BCUT2D eigenvalue weighted by Gasteiger charge is 2.39. The molecule has 2 amide bonds. The summed E-state index contributed by atoms with van der Waals surface area (Å²) in [7, 11) is 0. The van der Waals surface area contributed by atoms with Crippen molar-refractivity contribution in [2.24, 2.45) is 11.3 Å². The predicted molar refractivity (Wildman–Crippen MR) is 79.6 cm³/mol. The van der Waals surface area contributed by atoms with Gasteiger partial charge in [-0.3, -0.25) is 0 Å². The van der Waals surface area contributed by atoms with Gasteiger partial charge in [-0.05, 0) is 25.7 Å². The molecule has 0 spiro atoms. The van der Waals surface area contributed by atoms with Gasteiger partial charge in [-0.25, -0.2) is 4.79 Å². The Morgan fingerprint density at radius 1 is 1.40 bits per heavy atom. The molecule has 0 saturated heterocycles. The Kier molecular flexibility index (Phi) is 6.76. The number of carbonyl (C=O) groups is 1. The van der Waals surface area contributed by atoms with Crippen LogP contribution >= 0.6 is 0 Å². The van der Waals surface area contributed by atoms with E-state index in [0.717, 1.165) is 19.3 Å². The minimum absolute atomic E-state index is 0.0180. The third-order valence-electron chi connectivity index (χ3n) is 3.95. The molecule has 0 aliphatic heterocycles. The molecule has 1 aliphatic carbocycles. The van der Waals surface area contributed by atoms with Crippen LogP contribution in [0.4, 0.5) is 4.79 Å². The van der Waals surface area contributed by atoms with Crippen LogP contribution in [0, 0.1) is 11.3 Å². The molecule has 0 aromatic heterocycles. The van der Waals surface area contributed by atoms with Crippen LogP contribution in [-0.4, -0.2) is 43.0 Å². The number of aliphatic hydroxyl groups excluding tert-OH is 1. The Balaban J connectivity index is 2.29. The van der Waals surface area contributed by atoms with E-state index in [4.69, 9.17) is 4.74 Å². The van der Waals surface area contributed by atoms with Gasteiger partial charge in [0.05, 0.1) is 19.3 Å². The highest BCUT2D eigenvalue weighted by molar-refractivity contribution is 5.74. The Labute approximate surface area is 122 Å². The fourth-order valence-electron chi connectivity index (χ4n) is 2.61. The lowest BCUT2D eigenvalue weighted by atomic mass is 9.86. The van der Waals surface area contributed by atoms with Crippen molar-refractivity contribution in [1.82, 2.24) is 10.6 Å². The average molecular weight is 286 g/mol. The van der Waals surface area contributed by atoms with Gasteiger partial charge in [-0.15, -0.1) is 0 Å². The molecule has 118 valence electrons. The first kappa shape index (κ1) is 17.2. The van der Waals surface area contributed by atoms with Crippen molar-refractivity contribution >= 4 is 6.03 Å². The molecule has 5 heteroatoms. The molecule has 0 aromatic rings. The Bertz CT molecular complexity index is 309. The van der Waals surface area contributed by atoms with E-state index in [0.29, 0.717) is 19.1 Å². The lowest BCUT2D eigenvalue weighted by molar-refractivity contribution is 0.0938. The van der Waals surface area contributed by atoms with E-state index >= 15 is 0 Å². The minimum Gasteiger partial charge on any atom is -0.396 e. The molecular formula is C15H30N2O3. The monoisotopic (exact) mass is 286 g/mol. The number of urea groups is 1. The maximum Gasteiger partial charge on any atom is 0.315 e. The quantitative estimate of drug-likeness (QED) is 0.669. The molecule has 20 heavy (non-hydrogen) atoms. The van der Waals surface area contributed by atoms with Crippen LogP contribution in [0.15, 0.2) is 0 Å². The van der Waals surface area contributed by atoms with Crippen LogP contribution in [0.3, 0.4) is 0 Å². The predicted octanol–water partition coefficient (Wildman–Crippen LogP) is 1.90. The number of rotatable bonds is 7. The fraction of sp³-hybridized carbons (Fsp3) is 0.933. The van der Waals surface area contributed by atoms with Crippen molar-refractivity contribution < 1.29 is 14.6 Å². The second kappa shape index (κ2) is 7.84. The highest BCUT2D eigenvalue weighted by atomic mass is 16.5. The Morgan fingerprint density at radius 2 is 2.10 bits per heavy atom. The number of ether oxygens (including phenoxy) is 1. The van der Waals surface area contributed by atoms with Crippen molar-refractivity contribution in [3.63, 3.8) is 0 Å². The number of amides is 2. The van der Waals surface area contributed by atoms with Crippen molar-refractivity contribution in [2.75, 3.05) is 19.8 Å². The normalized spacial score (nSPS) is 27.6. The summed E-state index contributed by atoms with van der Waals surface area (Å²) in [5.41, 5.74) is -0.186. The van der Waals surface area contributed by atoms with Crippen LogP contribution in [0.2, 0.25) is 0 Å². The molecule has 3 N–H and O–H groups in total. The average Bonchev–Trinajstić information content (AvgIpc) is 2.71. The van der Waals surface area contributed by atoms with E-state index in [1.165, 1.54) is 0 Å². The molecule has 5 nitrogen and oxygen atoms in total. The van der Waals surface area contributed by atoms with Crippen molar-refractivity contribution in [2.45, 2.75) is 59.0 Å². The molecule has 1 fully saturated rings. The highest BCUT2D eigenvalue weighted by Crippen LogP contribution is 2.37. The molecule has 0 heterocycles. The maximum atomic E-state index is 12.0. The lowest BCUT2D eigenvalue weighted by Gasteiger charge is -2.30. The van der Waals surface area contributed by atoms with Gasteiger partial charge in [0.15, 0.2) is 0 Å². The van der Waals surface area contributed by atoms with Crippen molar-refractivity contribution in [1.29, 1.82) is 0 Å². The van der Waals surface area contributed by atoms with E-state index in [1.807, 2.05) is 13.8 Å². The standard InChI is InChI=1S/C15H30N2O3/c1-11(2)8-20-9-12(3)16-14(19)17-13-6-5-7-15(13,4)10-18/h11-13,18H,5-10H2,1-4H3,(H2,16,17,19). The SMILES string of the molecule is CC(C)COCC(C)NC(=O)NC1CCCC1(C)CO. The number of hydrogen-bond acceptors (Lipinski definition) is 3. The maximum absolute atomic E-state index is 12.0. The summed E-state index contributed by atoms with van der Waals surface area (Å²) < 4.78 is 5.51. The molecule has 0 aromatic carbocycles. The van der Waals surface area contributed by atoms with Gasteiger partial charge in [-0.2, -0.15) is 0 Å². The van der Waals surface area contributed by atoms with Gasteiger partial charge in [0.2, 0.25) is 0 Å². The summed E-state index contributed by atoms with van der Waals surface area (Å²) in [6.07, 6.45) is 2.94. The van der Waals surface area contributed by atoms with Gasteiger partial charge >= 0.3 is 6.03 Å². The van der Waals surface area contributed by atoms with Crippen LogP contribution < -0.4 is 10.6 Å². The molecule has 3 atom stereocenters. The zero-order valence-corrected chi connectivity index (χ0v) is 13.2. The molecule has 1 aliphatic rings. The summed E-state index contributed by atoms with van der Waals surface area (Å²) >= 11 is 0. The van der Waals surface area contributed by atoms with Crippen LogP contribution in [-0.2, 0) is 4.74 Å². The number of hydrogen-bond donors (Lipinski definition) is 3.